The second kappa shape index (κ2) is 10.3. The highest BCUT2D eigenvalue weighted by atomic mass is 32.1. The van der Waals surface area contributed by atoms with Gasteiger partial charge in [0.1, 0.15) is 22.3 Å². The molecule has 2 aromatic heterocycles. The molecule has 0 atom stereocenters. The Labute approximate surface area is 200 Å². The number of hydrogen-bond donors (Lipinski definition) is 1. The molecule has 1 N–H and O–H groups in total. The molecule has 180 valence electrons. The van der Waals surface area contributed by atoms with Crippen LogP contribution in [0.25, 0.3) is 10.7 Å². The van der Waals surface area contributed by atoms with Gasteiger partial charge in [-0.25, -0.2) is 14.4 Å². The van der Waals surface area contributed by atoms with E-state index in [9.17, 15) is 18.8 Å². The number of halogens is 1. The Bertz CT molecular complexity index is 1250. The summed E-state index contributed by atoms with van der Waals surface area (Å²) < 4.78 is 18.5. The first-order valence-electron chi connectivity index (χ1n) is 10.9. The summed E-state index contributed by atoms with van der Waals surface area (Å²) in [6, 6.07) is 6.16. The van der Waals surface area contributed by atoms with E-state index in [0.717, 1.165) is 10.4 Å². The molecule has 3 aromatic rings. The molecule has 0 aliphatic rings. The van der Waals surface area contributed by atoms with E-state index in [1.807, 2.05) is 0 Å². The molecule has 0 bridgehead atoms. The number of nitrogens with one attached hydrogen (secondary N) is 1. The molecule has 0 saturated heterocycles. The lowest BCUT2D eigenvalue weighted by Crippen LogP contribution is -2.44. The van der Waals surface area contributed by atoms with Crippen molar-refractivity contribution in [3.63, 3.8) is 0 Å². The van der Waals surface area contributed by atoms with E-state index >= 15 is 0 Å². The minimum absolute atomic E-state index is 0.0769. The monoisotopic (exact) mass is 486 g/mol. The maximum absolute atomic E-state index is 13.2. The van der Waals surface area contributed by atoms with Crippen molar-refractivity contribution in [2.24, 2.45) is 0 Å². The lowest BCUT2D eigenvalue weighted by atomic mass is 10.0. The molecule has 2 heterocycles. The maximum atomic E-state index is 13.2. The fourth-order valence-electron chi connectivity index (χ4n) is 3.19. The smallest absolute Gasteiger partial charge is 0.311 e. The number of thiazole rings is 1. The number of carbonyl (C=O) groups excluding carboxylic acids is 2. The molecule has 0 unspecified atom stereocenters. The highest BCUT2D eigenvalue weighted by Gasteiger charge is 2.33. The molecule has 1 aromatic carbocycles. The predicted molar refractivity (Wildman–Crippen MR) is 127 cm³/mol. The van der Waals surface area contributed by atoms with E-state index in [1.54, 1.807) is 53.1 Å². The zero-order valence-electron chi connectivity index (χ0n) is 19.8. The van der Waals surface area contributed by atoms with Crippen LogP contribution in [0, 0.1) is 5.82 Å². The summed E-state index contributed by atoms with van der Waals surface area (Å²) >= 11 is 1.29. The van der Waals surface area contributed by atoms with Crippen LogP contribution in [0.2, 0.25) is 0 Å². The first-order valence-corrected chi connectivity index (χ1v) is 11.7. The normalized spacial score (nSPS) is 11.4. The Balaban J connectivity index is 2.07. The summed E-state index contributed by atoms with van der Waals surface area (Å²) in [5, 5.41) is 0.392. The Morgan fingerprint density at radius 3 is 2.47 bits per heavy atom. The second-order valence-corrected chi connectivity index (χ2v) is 9.34. The molecular weight excluding hydrogens is 459 g/mol. The highest BCUT2D eigenvalue weighted by Crippen LogP contribution is 2.33. The molecule has 10 heteroatoms. The molecule has 1 amide bonds. The maximum Gasteiger partial charge on any atom is 0.311 e. The predicted octanol–water partition coefficient (Wildman–Crippen LogP) is 4.04. The molecule has 0 saturated carbocycles. The molecular formula is C24H27FN4O4S. The van der Waals surface area contributed by atoms with Crippen molar-refractivity contribution in [2.75, 3.05) is 7.05 Å². The summed E-state index contributed by atoms with van der Waals surface area (Å²) in [7, 11) is 1.64. The lowest BCUT2D eigenvalue weighted by Gasteiger charge is -2.34. The van der Waals surface area contributed by atoms with Crippen LogP contribution < -0.4 is 10.3 Å². The standard InChI is InChI=1S/C24H27FN4O4S/c1-6-17(30)29(5)24(3,4)23-27-19(20(21(32)28-23)33-18(31)7-2)22-26-13-16(34-22)12-14-8-10-15(25)11-9-14/h8-11,13H,6-7,12H2,1-5H3,(H,27,28,32). The van der Waals surface area contributed by atoms with Crippen LogP contribution in [0.15, 0.2) is 35.3 Å². The van der Waals surface area contributed by atoms with Crippen LogP contribution in [0.1, 0.15) is 56.8 Å². The van der Waals surface area contributed by atoms with Gasteiger partial charge in [-0.05, 0) is 31.5 Å². The molecule has 34 heavy (non-hydrogen) atoms. The Kier molecular flexibility index (Phi) is 7.61. The highest BCUT2D eigenvalue weighted by molar-refractivity contribution is 7.15. The minimum Gasteiger partial charge on any atom is -0.418 e. The first-order chi connectivity index (χ1) is 16.1. The summed E-state index contributed by atoms with van der Waals surface area (Å²) in [4.78, 5) is 51.4. The van der Waals surface area contributed by atoms with Crippen LogP contribution in [0.3, 0.4) is 0 Å². The molecule has 0 fully saturated rings. The van der Waals surface area contributed by atoms with Crippen molar-refractivity contribution in [1.29, 1.82) is 0 Å². The number of ether oxygens (including phenoxy) is 1. The van der Waals surface area contributed by atoms with Gasteiger partial charge in [0.15, 0.2) is 0 Å². The van der Waals surface area contributed by atoms with Crippen LogP contribution in [0.5, 0.6) is 5.75 Å². The van der Waals surface area contributed by atoms with Gasteiger partial charge in [0.05, 0.1) is 5.54 Å². The average Bonchev–Trinajstić information content (AvgIpc) is 3.28. The number of carbonyl (C=O) groups is 2. The number of benzene rings is 1. The van der Waals surface area contributed by atoms with E-state index in [0.29, 0.717) is 17.8 Å². The van der Waals surface area contributed by atoms with E-state index < -0.39 is 17.1 Å². The fourth-order valence-corrected chi connectivity index (χ4v) is 4.12. The van der Waals surface area contributed by atoms with Gasteiger partial charge in [-0.3, -0.25) is 14.4 Å². The van der Waals surface area contributed by atoms with Gasteiger partial charge in [0.2, 0.25) is 11.7 Å². The summed E-state index contributed by atoms with van der Waals surface area (Å²) in [6.07, 6.45) is 2.53. The number of amides is 1. The Morgan fingerprint density at radius 2 is 1.85 bits per heavy atom. The molecule has 3 rings (SSSR count). The van der Waals surface area contributed by atoms with Crippen molar-refractivity contribution >= 4 is 23.2 Å². The number of esters is 1. The lowest BCUT2D eigenvalue weighted by molar-refractivity contribution is -0.135. The van der Waals surface area contributed by atoms with Crippen molar-refractivity contribution < 1.29 is 18.7 Å². The number of aromatic nitrogens is 3. The third-order valence-corrected chi connectivity index (χ3v) is 6.53. The molecule has 8 nitrogen and oxygen atoms in total. The number of nitrogens with zero attached hydrogens (tertiary/aromatic N) is 3. The Hall–Kier alpha value is -3.40. The summed E-state index contributed by atoms with van der Waals surface area (Å²) in [5.74, 6) is -1.01. The topological polar surface area (TPSA) is 105 Å². The van der Waals surface area contributed by atoms with Crippen molar-refractivity contribution in [2.45, 2.75) is 52.5 Å². The van der Waals surface area contributed by atoms with Crippen LogP contribution in [0.4, 0.5) is 4.39 Å². The molecule has 0 aliphatic heterocycles. The third kappa shape index (κ3) is 5.39. The van der Waals surface area contributed by atoms with Gasteiger partial charge >= 0.3 is 5.97 Å². The first kappa shape index (κ1) is 25.2. The number of H-pyrrole nitrogens is 1. The largest absolute Gasteiger partial charge is 0.418 e. The van der Waals surface area contributed by atoms with Crippen LogP contribution in [-0.4, -0.2) is 38.8 Å². The SMILES string of the molecule is CCC(=O)Oc1c(-c2ncc(Cc3ccc(F)cc3)s2)nc(C(C)(C)N(C)C(=O)CC)[nH]c1=O. The molecule has 0 radical (unpaired) electrons. The molecule has 0 aliphatic carbocycles. The molecule has 0 spiro atoms. The summed E-state index contributed by atoms with van der Waals surface area (Å²) in [5.41, 5.74) is -0.554. The van der Waals surface area contributed by atoms with Crippen molar-refractivity contribution in [3.05, 3.63) is 62.9 Å². The van der Waals surface area contributed by atoms with E-state index in [2.05, 4.69) is 15.0 Å². The number of aromatic amines is 1. The fraction of sp³-hybridized carbons (Fsp3) is 0.375. The third-order valence-electron chi connectivity index (χ3n) is 5.52. The van der Waals surface area contributed by atoms with Crippen molar-refractivity contribution in [3.8, 4) is 16.5 Å². The van der Waals surface area contributed by atoms with E-state index in [-0.39, 0.29) is 35.4 Å². The van der Waals surface area contributed by atoms with Crippen molar-refractivity contribution in [1.82, 2.24) is 19.9 Å². The second-order valence-electron chi connectivity index (χ2n) is 8.22. The van der Waals surface area contributed by atoms with E-state index in [1.165, 1.54) is 28.4 Å². The summed E-state index contributed by atoms with van der Waals surface area (Å²) in [6.45, 7) is 6.91. The average molecular weight is 487 g/mol. The van der Waals surface area contributed by atoms with Gasteiger partial charge < -0.3 is 14.6 Å². The van der Waals surface area contributed by atoms with Gasteiger partial charge in [0, 0.05) is 37.4 Å². The van der Waals surface area contributed by atoms with Crippen LogP contribution in [-0.2, 0) is 21.5 Å². The van der Waals surface area contributed by atoms with Crippen LogP contribution >= 0.6 is 11.3 Å². The Morgan fingerprint density at radius 1 is 1.18 bits per heavy atom. The zero-order valence-corrected chi connectivity index (χ0v) is 20.6. The van der Waals surface area contributed by atoms with E-state index in [4.69, 9.17) is 4.74 Å². The van der Waals surface area contributed by atoms with Gasteiger partial charge in [-0.15, -0.1) is 11.3 Å². The van der Waals surface area contributed by atoms with Gasteiger partial charge in [-0.2, -0.15) is 0 Å². The number of hydrogen-bond acceptors (Lipinski definition) is 7. The quantitative estimate of drug-likeness (QED) is 0.482. The zero-order chi connectivity index (χ0) is 25.0. The van der Waals surface area contributed by atoms with Gasteiger partial charge in [0.25, 0.3) is 5.56 Å². The minimum atomic E-state index is -0.942. The number of rotatable bonds is 8. The van der Waals surface area contributed by atoms with Gasteiger partial charge in [-0.1, -0.05) is 26.0 Å².